The number of rotatable bonds is 4. The molecule has 2 atom stereocenters. The number of piperazine rings is 1. The third-order valence-electron chi connectivity index (χ3n) is 5.69. The van der Waals surface area contributed by atoms with Gasteiger partial charge in [0.15, 0.2) is 5.65 Å². The van der Waals surface area contributed by atoms with Crippen molar-refractivity contribution in [2.24, 2.45) is 5.92 Å². The van der Waals surface area contributed by atoms with Crippen LogP contribution in [0.5, 0.6) is 0 Å². The molecule has 4 rings (SSSR count). The Bertz CT molecular complexity index is 935. The molecule has 0 spiro atoms. The summed E-state index contributed by atoms with van der Waals surface area (Å²) in [5.74, 6) is 1.07. The highest BCUT2D eigenvalue weighted by Crippen LogP contribution is 2.27. The number of aliphatic hydroxyl groups is 1. The fourth-order valence-electron chi connectivity index (χ4n) is 3.54. The smallest absolute Gasteiger partial charge is 0.181 e. The van der Waals surface area contributed by atoms with E-state index in [9.17, 15) is 5.11 Å². The van der Waals surface area contributed by atoms with Crippen molar-refractivity contribution in [3.05, 3.63) is 36.5 Å². The van der Waals surface area contributed by atoms with E-state index in [0.29, 0.717) is 12.2 Å². The molecule has 0 amide bonds. The van der Waals surface area contributed by atoms with E-state index < -0.39 is 5.60 Å². The van der Waals surface area contributed by atoms with Gasteiger partial charge in [-0.2, -0.15) is 5.10 Å². The molecule has 0 bridgehead atoms. The van der Waals surface area contributed by atoms with Crippen LogP contribution < -0.4 is 10.2 Å². The summed E-state index contributed by atoms with van der Waals surface area (Å²) in [5, 5.41) is 22.6. The Labute approximate surface area is 158 Å². The first kappa shape index (κ1) is 17.9. The number of hydrogen-bond acceptors (Lipinski definition) is 6. The molecule has 3 aromatic rings. The molecule has 0 aliphatic carbocycles. The number of anilines is 1. The molecular formula is C20H26N6O. The number of fused-ring (bicyclic) bond motifs is 1. The van der Waals surface area contributed by atoms with Gasteiger partial charge in [0.2, 0.25) is 0 Å². The molecule has 3 N–H and O–H groups in total. The zero-order chi connectivity index (χ0) is 19.0. The van der Waals surface area contributed by atoms with Crippen molar-refractivity contribution in [1.82, 2.24) is 25.5 Å². The van der Waals surface area contributed by atoms with Crippen LogP contribution in [0.4, 0.5) is 5.82 Å². The highest BCUT2D eigenvalue weighted by atomic mass is 16.3. The minimum absolute atomic E-state index is 0.00566. The fraction of sp³-hybridized carbons (Fsp3) is 0.450. The lowest BCUT2D eigenvalue weighted by atomic mass is 9.84. The Morgan fingerprint density at radius 3 is 2.93 bits per heavy atom. The van der Waals surface area contributed by atoms with Crippen molar-refractivity contribution < 1.29 is 5.11 Å². The van der Waals surface area contributed by atoms with Crippen molar-refractivity contribution >= 4 is 16.9 Å². The molecule has 1 saturated heterocycles. The highest BCUT2D eigenvalue weighted by Gasteiger charge is 2.37. The Kier molecular flexibility index (Phi) is 4.57. The summed E-state index contributed by atoms with van der Waals surface area (Å²) in [6, 6.07) is 9.91. The van der Waals surface area contributed by atoms with Gasteiger partial charge in [-0.25, -0.2) is 9.97 Å². The zero-order valence-corrected chi connectivity index (χ0v) is 16.0. The maximum atomic E-state index is 10.9. The lowest BCUT2D eigenvalue weighted by Gasteiger charge is -2.43. The van der Waals surface area contributed by atoms with E-state index in [-0.39, 0.29) is 12.0 Å². The van der Waals surface area contributed by atoms with E-state index in [1.807, 2.05) is 37.3 Å². The molecule has 3 aromatic heterocycles. The van der Waals surface area contributed by atoms with Crippen LogP contribution in [-0.2, 0) is 0 Å². The van der Waals surface area contributed by atoms with Gasteiger partial charge in [-0.05, 0) is 37.1 Å². The topological polar surface area (TPSA) is 90.0 Å². The molecule has 27 heavy (non-hydrogen) atoms. The SMILES string of the molecule is CC(C)C(C)(O)C1CN(c2cccc(-c3[nH]nc4ncccc34)n2)CCN1. The van der Waals surface area contributed by atoms with Crippen LogP contribution in [0.15, 0.2) is 36.5 Å². The Morgan fingerprint density at radius 1 is 1.26 bits per heavy atom. The molecule has 1 fully saturated rings. The molecule has 7 nitrogen and oxygen atoms in total. The maximum absolute atomic E-state index is 10.9. The third kappa shape index (κ3) is 3.28. The van der Waals surface area contributed by atoms with Crippen molar-refractivity contribution in [3.8, 4) is 11.4 Å². The summed E-state index contributed by atoms with van der Waals surface area (Å²) >= 11 is 0. The highest BCUT2D eigenvalue weighted by molar-refractivity contribution is 5.89. The van der Waals surface area contributed by atoms with E-state index in [2.05, 4.69) is 39.2 Å². The largest absolute Gasteiger partial charge is 0.388 e. The second-order valence-electron chi connectivity index (χ2n) is 7.69. The zero-order valence-electron chi connectivity index (χ0n) is 16.0. The maximum Gasteiger partial charge on any atom is 0.181 e. The average molecular weight is 366 g/mol. The predicted molar refractivity (Wildman–Crippen MR) is 107 cm³/mol. The lowest BCUT2D eigenvalue weighted by molar-refractivity contribution is -0.0231. The number of nitrogens with zero attached hydrogens (tertiary/aromatic N) is 4. The predicted octanol–water partition coefficient (Wildman–Crippen LogP) is 2.21. The van der Waals surface area contributed by atoms with Crippen molar-refractivity contribution in [1.29, 1.82) is 0 Å². The summed E-state index contributed by atoms with van der Waals surface area (Å²) in [6.07, 6.45) is 1.73. The second-order valence-corrected chi connectivity index (χ2v) is 7.69. The van der Waals surface area contributed by atoms with Gasteiger partial charge in [-0.15, -0.1) is 0 Å². The number of H-pyrrole nitrogens is 1. The first-order valence-electron chi connectivity index (χ1n) is 9.44. The van der Waals surface area contributed by atoms with Gasteiger partial charge in [0.05, 0.1) is 23.0 Å². The number of aromatic nitrogens is 4. The van der Waals surface area contributed by atoms with Gasteiger partial charge in [-0.3, -0.25) is 5.10 Å². The molecule has 1 aliphatic rings. The quantitative estimate of drug-likeness (QED) is 0.656. The van der Waals surface area contributed by atoms with Gasteiger partial charge >= 0.3 is 0 Å². The average Bonchev–Trinajstić information content (AvgIpc) is 3.12. The van der Waals surface area contributed by atoms with E-state index in [1.54, 1.807) is 6.20 Å². The minimum Gasteiger partial charge on any atom is -0.388 e. The summed E-state index contributed by atoms with van der Waals surface area (Å²) in [4.78, 5) is 11.4. The van der Waals surface area contributed by atoms with Crippen LogP contribution in [0.2, 0.25) is 0 Å². The molecule has 0 saturated carbocycles. The van der Waals surface area contributed by atoms with Gasteiger partial charge in [0.1, 0.15) is 5.82 Å². The van der Waals surface area contributed by atoms with Crippen LogP contribution >= 0.6 is 0 Å². The monoisotopic (exact) mass is 366 g/mol. The first-order valence-corrected chi connectivity index (χ1v) is 9.44. The van der Waals surface area contributed by atoms with Crippen LogP contribution in [0.1, 0.15) is 20.8 Å². The molecule has 2 unspecified atom stereocenters. The summed E-state index contributed by atoms with van der Waals surface area (Å²) in [7, 11) is 0. The number of aromatic amines is 1. The van der Waals surface area contributed by atoms with E-state index >= 15 is 0 Å². The fourth-order valence-corrected chi connectivity index (χ4v) is 3.54. The van der Waals surface area contributed by atoms with E-state index in [0.717, 1.165) is 35.7 Å². The number of nitrogens with one attached hydrogen (secondary N) is 2. The standard InChI is InChI=1S/C20H26N6O/c1-13(2)20(3,27)16-12-26(11-10-21-16)17-8-4-7-15(23-17)18-14-6-5-9-22-19(14)25-24-18/h4-9,13,16,21,27H,10-12H2,1-3H3,(H,22,24,25). The van der Waals surface area contributed by atoms with Gasteiger partial charge in [0.25, 0.3) is 0 Å². The van der Waals surface area contributed by atoms with Gasteiger partial charge in [-0.1, -0.05) is 19.9 Å². The van der Waals surface area contributed by atoms with Crippen molar-refractivity contribution in [2.45, 2.75) is 32.4 Å². The summed E-state index contributed by atoms with van der Waals surface area (Å²) < 4.78 is 0. The molecule has 7 heteroatoms. The van der Waals surface area contributed by atoms with E-state index in [1.165, 1.54) is 0 Å². The molecule has 142 valence electrons. The van der Waals surface area contributed by atoms with Gasteiger partial charge in [0, 0.05) is 31.2 Å². The number of pyridine rings is 2. The van der Waals surface area contributed by atoms with E-state index in [4.69, 9.17) is 4.98 Å². The molecular weight excluding hydrogens is 340 g/mol. The van der Waals surface area contributed by atoms with Crippen LogP contribution in [-0.4, -0.2) is 56.5 Å². The Morgan fingerprint density at radius 2 is 2.11 bits per heavy atom. The Hall–Kier alpha value is -2.51. The van der Waals surface area contributed by atoms with Crippen LogP contribution in [0.3, 0.4) is 0 Å². The lowest BCUT2D eigenvalue weighted by Crippen LogP contribution is -2.62. The minimum atomic E-state index is -0.776. The van der Waals surface area contributed by atoms with Crippen molar-refractivity contribution in [2.75, 3.05) is 24.5 Å². The molecule has 4 heterocycles. The Balaban J connectivity index is 1.63. The molecule has 1 aliphatic heterocycles. The van der Waals surface area contributed by atoms with Crippen LogP contribution in [0, 0.1) is 5.92 Å². The molecule has 0 radical (unpaired) electrons. The third-order valence-corrected chi connectivity index (χ3v) is 5.69. The normalized spacial score (nSPS) is 20.2. The second kappa shape index (κ2) is 6.90. The van der Waals surface area contributed by atoms with Crippen LogP contribution in [0.25, 0.3) is 22.4 Å². The first-order chi connectivity index (χ1) is 13.0. The number of hydrogen-bond donors (Lipinski definition) is 3. The summed E-state index contributed by atoms with van der Waals surface area (Å²) in [5.41, 5.74) is 1.63. The van der Waals surface area contributed by atoms with Crippen molar-refractivity contribution in [3.63, 3.8) is 0 Å². The van der Waals surface area contributed by atoms with Gasteiger partial charge < -0.3 is 15.3 Å². The summed E-state index contributed by atoms with van der Waals surface area (Å²) in [6.45, 7) is 8.40. The molecule has 0 aromatic carbocycles.